The Labute approximate surface area is 106 Å². The quantitative estimate of drug-likeness (QED) is 0.697. The lowest BCUT2D eigenvalue weighted by Crippen LogP contribution is -2.33. The van der Waals surface area contributed by atoms with Gasteiger partial charge in [0.05, 0.1) is 0 Å². The van der Waals surface area contributed by atoms with Crippen LogP contribution in [0.1, 0.15) is 71.6 Å². The zero-order valence-electron chi connectivity index (χ0n) is 11.6. The van der Waals surface area contributed by atoms with Crippen molar-refractivity contribution < 1.29 is 4.79 Å². The summed E-state index contributed by atoms with van der Waals surface area (Å²) < 4.78 is 0. The average molecular weight is 236 g/mol. The van der Waals surface area contributed by atoms with Crippen LogP contribution in [0.25, 0.3) is 0 Å². The van der Waals surface area contributed by atoms with E-state index in [4.69, 9.17) is 0 Å². The molecule has 1 nitrogen and oxygen atoms in total. The van der Waals surface area contributed by atoms with Crippen molar-refractivity contribution in [3.63, 3.8) is 0 Å². The highest BCUT2D eigenvalue weighted by Gasteiger charge is 2.35. The first-order chi connectivity index (χ1) is 8.22. The smallest absolute Gasteiger partial charge is 0.138 e. The maximum Gasteiger partial charge on any atom is 0.138 e. The molecule has 2 aliphatic rings. The number of carbonyl (C=O) groups excluding carboxylic acids is 1. The summed E-state index contributed by atoms with van der Waals surface area (Å²) in [5.74, 6) is 3.16. The first-order valence-electron chi connectivity index (χ1n) is 7.76. The third kappa shape index (κ3) is 3.11. The fourth-order valence-electron chi connectivity index (χ4n) is 4.11. The Morgan fingerprint density at radius 2 is 1.82 bits per heavy atom. The summed E-state index contributed by atoms with van der Waals surface area (Å²) in [7, 11) is 0. The van der Waals surface area contributed by atoms with E-state index < -0.39 is 0 Å². The minimum absolute atomic E-state index is 0.310. The summed E-state index contributed by atoms with van der Waals surface area (Å²) >= 11 is 0. The molecule has 17 heavy (non-hydrogen) atoms. The first kappa shape index (κ1) is 13.1. The molecule has 0 saturated heterocycles. The van der Waals surface area contributed by atoms with Crippen LogP contribution in [0.15, 0.2) is 0 Å². The number of Topliss-reactive ketones (excluding diaryl/α,β-unsaturated/α-hetero) is 1. The van der Waals surface area contributed by atoms with Gasteiger partial charge >= 0.3 is 0 Å². The molecule has 0 aromatic carbocycles. The minimum atomic E-state index is 0.310. The van der Waals surface area contributed by atoms with Gasteiger partial charge in [0.25, 0.3) is 0 Å². The Kier molecular flexibility index (Phi) is 4.64. The summed E-state index contributed by atoms with van der Waals surface area (Å²) in [4.78, 5) is 12.4. The second kappa shape index (κ2) is 6.02. The molecule has 0 bridgehead atoms. The van der Waals surface area contributed by atoms with Crippen LogP contribution in [-0.2, 0) is 4.79 Å². The number of hydrogen-bond acceptors (Lipinski definition) is 1. The molecular formula is C16H28O. The van der Waals surface area contributed by atoms with Crippen LogP contribution in [0, 0.1) is 23.7 Å². The van der Waals surface area contributed by atoms with Gasteiger partial charge in [0.2, 0.25) is 0 Å². The number of rotatable bonds is 4. The molecule has 0 amide bonds. The van der Waals surface area contributed by atoms with E-state index in [1.54, 1.807) is 0 Å². The van der Waals surface area contributed by atoms with E-state index in [0.717, 1.165) is 24.7 Å². The van der Waals surface area contributed by atoms with Gasteiger partial charge in [-0.25, -0.2) is 0 Å². The molecule has 4 unspecified atom stereocenters. The van der Waals surface area contributed by atoms with Crippen molar-refractivity contribution in [2.45, 2.75) is 71.6 Å². The monoisotopic (exact) mass is 236 g/mol. The van der Waals surface area contributed by atoms with Gasteiger partial charge < -0.3 is 0 Å². The highest BCUT2D eigenvalue weighted by Crippen LogP contribution is 2.43. The Morgan fingerprint density at radius 1 is 1.12 bits per heavy atom. The molecule has 0 spiro atoms. The SMILES string of the molecule is CCCC(C)C(=O)C1CCC2CCCCC2C1. The van der Waals surface area contributed by atoms with Crippen molar-refractivity contribution in [2.24, 2.45) is 23.7 Å². The number of fused-ring (bicyclic) bond motifs is 1. The molecule has 2 fully saturated rings. The predicted molar refractivity (Wildman–Crippen MR) is 71.9 cm³/mol. The van der Waals surface area contributed by atoms with Crippen molar-refractivity contribution in [1.29, 1.82) is 0 Å². The lowest BCUT2D eigenvalue weighted by molar-refractivity contribution is -0.128. The molecule has 2 saturated carbocycles. The average Bonchev–Trinajstić information content (AvgIpc) is 2.37. The standard InChI is InChI=1S/C16H28O/c1-3-6-12(2)16(17)15-10-9-13-7-4-5-8-14(13)11-15/h12-15H,3-11H2,1-2H3. The fourth-order valence-corrected chi connectivity index (χ4v) is 4.11. The van der Waals surface area contributed by atoms with Crippen LogP contribution in [0.2, 0.25) is 0 Å². The molecule has 0 heterocycles. The highest BCUT2D eigenvalue weighted by atomic mass is 16.1. The molecule has 2 aliphatic carbocycles. The molecule has 0 radical (unpaired) electrons. The normalized spacial score (nSPS) is 35.1. The lowest BCUT2D eigenvalue weighted by atomic mass is 9.66. The van der Waals surface area contributed by atoms with Crippen molar-refractivity contribution in [1.82, 2.24) is 0 Å². The van der Waals surface area contributed by atoms with E-state index in [1.165, 1.54) is 44.9 Å². The van der Waals surface area contributed by atoms with Gasteiger partial charge in [-0.15, -0.1) is 0 Å². The van der Waals surface area contributed by atoms with Gasteiger partial charge in [0, 0.05) is 11.8 Å². The molecule has 0 aliphatic heterocycles. The Morgan fingerprint density at radius 3 is 2.53 bits per heavy atom. The molecule has 0 aromatic rings. The van der Waals surface area contributed by atoms with Crippen molar-refractivity contribution in [3.8, 4) is 0 Å². The van der Waals surface area contributed by atoms with Crippen LogP contribution in [0.5, 0.6) is 0 Å². The molecule has 1 heteroatoms. The zero-order chi connectivity index (χ0) is 12.3. The van der Waals surface area contributed by atoms with E-state index in [2.05, 4.69) is 13.8 Å². The van der Waals surface area contributed by atoms with E-state index in [1.807, 2.05) is 0 Å². The van der Waals surface area contributed by atoms with E-state index >= 15 is 0 Å². The number of ketones is 1. The topological polar surface area (TPSA) is 17.1 Å². The molecular weight excluding hydrogens is 208 g/mol. The van der Waals surface area contributed by atoms with E-state index in [0.29, 0.717) is 17.6 Å². The third-order valence-electron chi connectivity index (χ3n) is 5.15. The summed E-state index contributed by atoms with van der Waals surface area (Å²) in [5.41, 5.74) is 0. The predicted octanol–water partition coefficient (Wildman–Crippen LogP) is 4.60. The van der Waals surface area contributed by atoms with E-state index in [-0.39, 0.29) is 0 Å². The van der Waals surface area contributed by atoms with Crippen molar-refractivity contribution >= 4 is 5.78 Å². The van der Waals surface area contributed by atoms with Crippen molar-refractivity contribution in [2.75, 3.05) is 0 Å². The van der Waals surface area contributed by atoms with Crippen LogP contribution >= 0.6 is 0 Å². The van der Waals surface area contributed by atoms with Gasteiger partial charge in [-0.2, -0.15) is 0 Å². The molecule has 0 aromatic heterocycles. The Bertz CT molecular complexity index is 258. The van der Waals surface area contributed by atoms with Crippen LogP contribution < -0.4 is 0 Å². The van der Waals surface area contributed by atoms with E-state index in [9.17, 15) is 4.79 Å². The summed E-state index contributed by atoms with van der Waals surface area (Å²) in [6.45, 7) is 4.32. The fraction of sp³-hybridized carbons (Fsp3) is 0.938. The Hall–Kier alpha value is -0.330. The maximum atomic E-state index is 12.4. The second-order valence-corrected chi connectivity index (χ2v) is 6.41. The van der Waals surface area contributed by atoms with Gasteiger partial charge in [-0.3, -0.25) is 4.79 Å². The molecule has 4 atom stereocenters. The summed E-state index contributed by atoms with van der Waals surface area (Å²) in [6, 6.07) is 0. The summed E-state index contributed by atoms with van der Waals surface area (Å²) in [6.07, 6.45) is 11.7. The first-order valence-corrected chi connectivity index (χ1v) is 7.76. The molecule has 2 rings (SSSR count). The Balaban J connectivity index is 1.88. The minimum Gasteiger partial charge on any atom is -0.299 e. The number of carbonyl (C=O) groups is 1. The molecule has 98 valence electrons. The van der Waals surface area contributed by atoms with Gasteiger partial charge in [0.15, 0.2) is 0 Å². The van der Waals surface area contributed by atoms with Crippen LogP contribution in [0.3, 0.4) is 0 Å². The lowest BCUT2D eigenvalue weighted by Gasteiger charge is -2.39. The van der Waals surface area contributed by atoms with Crippen LogP contribution in [0.4, 0.5) is 0 Å². The zero-order valence-corrected chi connectivity index (χ0v) is 11.6. The molecule has 0 N–H and O–H groups in total. The van der Waals surface area contributed by atoms with Crippen molar-refractivity contribution in [3.05, 3.63) is 0 Å². The van der Waals surface area contributed by atoms with Gasteiger partial charge in [-0.1, -0.05) is 46.0 Å². The highest BCUT2D eigenvalue weighted by molar-refractivity contribution is 5.83. The van der Waals surface area contributed by atoms with Crippen LogP contribution in [-0.4, -0.2) is 5.78 Å². The summed E-state index contributed by atoms with van der Waals surface area (Å²) in [5, 5.41) is 0. The largest absolute Gasteiger partial charge is 0.299 e. The van der Waals surface area contributed by atoms with Gasteiger partial charge in [-0.05, 0) is 37.5 Å². The third-order valence-corrected chi connectivity index (χ3v) is 5.15. The number of hydrogen-bond donors (Lipinski definition) is 0. The van der Waals surface area contributed by atoms with Gasteiger partial charge in [0.1, 0.15) is 5.78 Å². The maximum absolute atomic E-state index is 12.4. The second-order valence-electron chi connectivity index (χ2n) is 6.41.